The van der Waals surface area contributed by atoms with Gasteiger partial charge in [0, 0.05) is 25.9 Å². The predicted octanol–water partition coefficient (Wildman–Crippen LogP) is 1.65. The molecule has 0 unspecified atom stereocenters. The highest BCUT2D eigenvalue weighted by Crippen LogP contribution is 2.10. The van der Waals surface area contributed by atoms with Gasteiger partial charge in [-0.1, -0.05) is 31.7 Å². The fourth-order valence-electron chi connectivity index (χ4n) is 0.800. The third kappa shape index (κ3) is 7.72. The van der Waals surface area contributed by atoms with E-state index in [1.54, 1.807) is 20.2 Å². The lowest BCUT2D eigenvalue weighted by molar-refractivity contribution is 0.227. The van der Waals surface area contributed by atoms with Crippen molar-refractivity contribution in [1.82, 2.24) is 15.5 Å². The summed E-state index contributed by atoms with van der Waals surface area (Å²) in [5, 5.41) is 5.58. The van der Waals surface area contributed by atoms with Crippen LogP contribution in [0, 0.1) is 0 Å². The first kappa shape index (κ1) is 16.5. The number of thioether (sulfide) groups is 1. The molecule has 0 aliphatic heterocycles. The Labute approximate surface area is 112 Å². The largest absolute Gasteiger partial charge is 0.345 e. The standard InChI is InChI=1S/C11H20N4O2S/c1-6-7-12-9(16)13-10(18-8(2)3)14-11(17)15(4)5/h6,8H,1,7H2,2-5H3,(H2,12,13,14,16,17). The summed E-state index contributed by atoms with van der Waals surface area (Å²) in [6.45, 7) is 7.74. The highest BCUT2D eigenvalue weighted by Gasteiger charge is 2.11. The van der Waals surface area contributed by atoms with E-state index in [1.165, 1.54) is 16.7 Å². The molecule has 4 amide bonds. The Morgan fingerprint density at radius 2 is 2.06 bits per heavy atom. The first-order valence-corrected chi connectivity index (χ1v) is 6.37. The van der Waals surface area contributed by atoms with E-state index in [1.807, 2.05) is 13.8 Å². The molecule has 0 aliphatic rings. The van der Waals surface area contributed by atoms with E-state index in [9.17, 15) is 9.59 Å². The summed E-state index contributed by atoms with van der Waals surface area (Å²) in [6, 6.07) is -0.824. The minimum absolute atomic E-state index is 0.207. The monoisotopic (exact) mass is 272 g/mol. The number of amidine groups is 1. The third-order valence-electron chi connectivity index (χ3n) is 1.55. The molecule has 102 valence electrons. The summed E-state index contributed by atoms with van der Waals surface area (Å²) < 4.78 is 0. The molecule has 0 rings (SSSR count). The lowest BCUT2D eigenvalue weighted by Gasteiger charge is -2.12. The Morgan fingerprint density at radius 1 is 1.44 bits per heavy atom. The maximum absolute atomic E-state index is 11.5. The normalized spacial score (nSPS) is 11.1. The van der Waals surface area contributed by atoms with E-state index in [0.29, 0.717) is 6.54 Å². The van der Waals surface area contributed by atoms with Crippen molar-refractivity contribution in [3.05, 3.63) is 12.7 Å². The maximum Gasteiger partial charge on any atom is 0.345 e. The van der Waals surface area contributed by atoms with Gasteiger partial charge in [-0.2, -0.15) is 4.99 Å². The highest BCUT2D eigenvalue weighted by molar-refractivity contribution is 8.14. The van der Waals surface area contributed by atoms with E-state index in [-0.39, 0.29) is 10.4 Å². The summed E-state index contributed by atoms with van der Waals surface area (Å²) in [7, 11) is 3.20. The minimum Gasteiger partial charge on any atom is -0.334 e. The first-order valence-electron chi connectivity index (χ1n) is 5.49. The van der Waals surface area contributed by atoms with Crippen LogP contribution in [0.3, 0.4) is 0 Å². The Morgan fingerprint density at radius 3 is 2.50 bits per heavy atom. The van der Waals surface area contributed by atoms with E-state index >= 15 is 0 Å². The lowest BCUT2D eigenvalue weighted by atomic mass is 10.6. The van der Waals surface area contributed by atoms with Gasteiger partial charge < -0.3 is 10.2 Å². The SMILES string of the molecule is C=CCNC(=O)NC(=NC(=O)N(C)C)SC(C)C. The zero-order valence-corrected chi connectivity index (χ0v) is 12.0. The summed E-state index contributed by atoms with van der Waals surface area (Å²) in [6.07, 6.45) is 1.57. The second-order valence-electron chi connectivity index (χ2n) is 3.88. The van der Waals surface area contributed by atoms with Crippen LogP contribution in [-0.2, 0) is 0 Å². The molecule has 0 atom stereocenters. The van der Waals surface area contributed by atoms with Crippen molar-refractivity contribution in [3.8, 4) is 0 Å². The van der Waals surface area contributed by atoms with Crippen LogP contribution >= 0.6 is 11.8 Å². The molecule has 0 saturated heterocycles. The Hall–Kier alpha value is -1.50. The zero-order valence-electron chi connectivity index (χ0n) is 11.2. The van der Waals surface area contributed by atoms with Crippen LogP contribution in [0.25, 0.3) is 0 Å². The van der Waals surface area contributed by atoms with Gasteiger partial charge in [-0.15, -0.1) is 6.58 Å². The third-order valence-corrected chi connectivity index (χ3v) is 2.44. The lowest BCUT2D eigenvalue weighted by Crippen LogP contribution is -2.39. The van der Waals surface area contributed by atoms with Crippen molar-refractivity contribution in [2.75, 3.05) is 20.6 Å². The van der Waals surface area contributed by atoms with E-state index < -0.39 is 12.1 Å². The number of carbonyl (C=O) groups is 2. The number of hydrogen-bond acceptors (Lipinski definition) is 3. The van der Waals surface area contributed by atoms with E-state index in [0.717, 1.165) is 0 Å². The Bertz CT molecular complexity index is 340. The summed E-state index contributed by atoms with van der Waals surface area (Å²) in [5.74, 6) is 0. The van der Waals surface area contributed by atoms with Gasteiger partial charge in [0.05, 0.1) is 0 Å². The number of carbonyl (C=O) groups excluding carboxylic acids is 2. The van der Waals surface area contributed by atoms with Crippen LogP contribution < -0.4 is 10.6 Å². The van der Waals surface area contributed by atoms with Crippen molar-refractivity contribution < 1.29 is 9.59 Å². The number of nitrogens with zero attached hydrogens (tertiary/aromatic N) is 2. The predicted molar refractivity (Wildman–Crippen MR) is 76.0 cm³/mol. The quantitative estimate of drug-likeness (QED) is 0.466. The fourth-order valence-corrected chi connectivity index (χ4v) is 1.53. The molecule has 7 heteroatoms. The summed E-state index contributed by atoms with van der Waals surface area (Å²) >= 11 is 1.31. The average molecular weight is 272 g/mol. The number of aliphatic imine (C=N–C) groups is 1. The molecule has 0 radical (unpaired) electrons. The molecule has 0 heterocycles. The minimum atomic E-state index is -0.415. The van der Waals surface area contributed by atoms with Gasteiger partial charge in [-0.05, 0) is 0 Å². The number of amides is 4. The molecular weight excluding hydrogens is 252 g/mol. The Kier molecular flexibility index (Phi) is 7.86. The number of nitrogens with one attached hydrogen (secondary N) is 2. The van der Waals surface area contributed by atoms with Gasteiger partial charge >= 0.3 is 12.1 Å². The van der Waals surface area contributed by atoms with Gasteiger partial charge in [0.1, 0.15) is 0 Å². The average Bonchev–Trinajstić information content (AvgIpc) is 2.24. The number of hydrogen-bond donors (Lipinski definition) is 2. The summed E-state index contributed by atoms with van der Waals surface area (Å²) in [4.78, 5) is 28.1. The molecule has 6 nitrogen and oxygen atoms in total. The van der Waals surface area contributed by atoms with Crippen LogP contribution in [0.15, 0.2) is 17.6 Å². The van der Waals surface area contributed by atoms with E-state index in [2.05, 4.69) is 22.2 Å². The van der Waals surface area contributed by atoms with Gasteiger partial charge in [-0.25, -0.2) is 9.59 Å². The van der Waals surface area contributed by atoms with E-state index in [4.69, 9.17) is 0 Å². The molecule has 18 heavy (non-hydrogen) atoms. The zero-order chi connectivity index (χ0) is 14.1. The molecule has 0 aromatic rings. The van der Waals surface area contributed by atoms with Crippen LogP contribution in [0.2, 0.25) is 0 Å². The van der Waals surface area contributed by atoms with Crippen molar-refractivity contribution in [2.45, 2.75) is 19.1 Å². The topological polar surface area (TPSA) is 73.8 Å². The van der Waals surface area contributed by atoms with Gasteiger partial charge in [0.2, 0.25) is 0 Å². The second kappa shape index (κ2) is 8.57. The van der Waals surface area contributed by atoms with Crippen molar-refractivity contribution in [3.63, 3.8) is 0 Å². The molecule has 0 saturated carbocycles. The maximum atomic E-state index is 11.5. The van der Waals surface area contributed by atoms with Gasteiger partial charge in [0.25, 0.3) is 0 Å². The molecule has 0 spiro atoms. The van der Waals surface area contributed by atoms with Crippen molar-refractivity contribution in [1.29, 1.82) is 0 Å². The van der Waals surface area contributed by atoms with Gasteiger partial charge in [0.15, 0.2) is 5.17 Å². The molecule has 0 aliphatic carbocycles. The molecule has 0 aromatic heterocycles. The second-order valence-corrected chi connectivity index (χ2v) is 5.45. The van der Waals surface area contributed by atoms with Crippen molar-refractivity contribution in [2.24, 2.45) is 4.99 Å². The smallest absolute Gasteiger partial charge is 0.334 e. The number of rotatable bonds is 3. The van der Waals surface area contributed by atoms with Crippen LogP contribution in [-0.4, -0.2) is 48.0 Å². The first-order chi connectivity index (χ1) is 8.36. The molecule has 2 N–H and O–H groups in total. The molecule has 0 aromatic carbocycles. The van der Waals surface area contributed by atoms with Crippen molar-refractivity contribution >= 4 is 29.0 Å². The van der Waals surface area contributed by atoms with Crippen LogP contribution in [0.5, 0.6) is 0 Å². The van der Waals surface area contributed by atoms with Crippen LogP contribution in [0.1, 0.15) is 13.8 Å². The molecule has 0 bridgehead atoms. The summed E-state index contributed by atoms with van der Waals surface area (Å²) in [5.41, 5.74) is 0. The Balaban J connectivity index is 4.63. The fraction of sp³-hybridized carbons (Fsp3) is 0.545. The number of urea groups is 2. The molecular formula is C11H20N4O2S. The molecule has 0 fully saturated rings. The van der Waals surface area contributed by atoms with Gasteiger partial charge in [-0.3, -0.25) is 5.32 Å². The van der Waals surface area contributed by atoms with Crippen LogP contribution in [0.4, 0.5) is 9.59 Å². The highest BCUT2D eigenvalue weighted by atomic mass is 32.2.